The Hall–Kier alpha value is -5.26. The number of ether oxygens (including phenoxy) is 3. The second kappa shape index (κ2) is 14.8. The van der Waals surface area contributed by atoms with Crippen LogP contribution in [0.2, 0.25) is 0 Å². The van der Waals surface area contributed by atoms with E-state index in [9.17, 15) is 24.0 Å². The Bertz CT molecular complexity index is 1470. The predicted octanol–water partition coefficient (Wildman–Crippen LogP) is 2.83. The zero-order valence-corrected chi connectivity index (χ0v) is 22.8. The molecule has 0 radical (unpaired) electrons. The molecule has 0 aliphatic carbocycles. The van der Waals surface area contributed by atoms with Crippen LogP contribution in [0.15, 0.2) is 83.3 Å². The number of methoxy groups -OCH3 is 1. The second-order valence-corrected chi connectivity index (χ2v) is 8.76. The molecule has 214 valence electrons. The summed E-state index contributed by atoms with van der Waals surface area (Å²) in [5.41, 5.74) is 0.495. The van der Waals surface area contributed by atoms with Gasteiger partial charge in [-0.05, 0) is 18.6 Å². The van der Waals surface area contributed by atoms with Gasteiger partial charge in [0, 0.05) is 18.5 Å². The van der Waals surface area contributed by atoms with Crippen LogP contribution in [-0.2, 0) is 41.7 Å². The first kappa shape index (κ1) is 30.3. The number of anilines is 1. The molecule has 12 heteroatoms. The molecule has 0 fully saturated rings. The molecule has 3 aromatic rings. The van der Waals surface area contributed by atoms with Crippen LogP contribution in [-0.4, -0.2) is 53.2 Å². The minimum absolute atomic E-state index is 0.00474. The van der Waals surface area contributed by atoms with Crippen LogP contribution >= 0.6 is 0 Å². The highest BCUT2D eigenvalue weighted by molar-refractivity contribution is 5.89. The van der Waals surface area contributed by atoms with Gasteiger partial charge in [-0.2, -0.15) is 0 Å². The van der Waals surface area contributed by atoms with Crippen molar-refractivity contribution in [3.63, 3.8) is 0 Å². The minimum Gasteiger partial charge on any atom is -0.466 e. The first-order chi connectivity index (χ1) is 19.7. The number of aromatic nitrogens is 2. The van der Waals surface area contributed by atoms with Gasteiger partial charge < -0.3 is 19.5 Å². The van der Waals surface area contributed by atoms with Gasteiger partial charge in [-0.1, -0.05) is 60.7 Å². The molecule has 2 N–H and O–H groups in total. The van der Waals surface area contributed by atoms with Crippen LogP contribution in [0, 0.1) is 0 Å². The molecule has 2 amide bonds. The molecular formula is C29H30N4O8. The van der Waals surface area contributed by atoms with E-state index < -0.39 is 42.1 Å². The molecule has 0 aliphatic rings. The molecule has 2 aromatic carbocycles. The largest absolute Gasteiger partial charge is 0.466 e. The number of esters is 2. The quantitative estimate of drug-likeness (QED) is 0.204. The summed E-state index contributed by atoms with van der Waals surface area (Å²) in [4.78, 5) is 66.3. The summed E-state index contributed by atoms with van der Waals surface area (Å²) in [6.07, 6.45) is 1.72. The molecule has 0 saturated carbocycles. The first-order valence-corrected chi connectivity index (χ1v) is 12.5. The van der Waals surface area contributed by atoms with Gasteiger partial charge in [0.25, 0.3) is 5.56 Å². The van der Waals surface area contributed by atoms with E-state index in [1.54, 1.807) is 61.5 Å². The fourth-order valence-corrected chi connectivity index (χ4v) is 3.68. The standard InChI is InChI=1S/C29H30N4O8/c1-19(14-23(28(37)39-3)18-40-20(2)34)31-25(35)16-33-26(22-12-8-5-9-13-22)30-15-24(27(33)36)32-29(38)41-17-21-10-6-4-7-11-21/h4-15,19H,16-18H2,1-3H3,(H,31,35)(H,32,38)/b23-14+/t19-/m0/s1. The lowest BCUT2D eigenvalue weighted by molar-refractivity contribution is -0.142. The number of hydrogen-bond donors (Lipinski definition) is 2. The van der Waals surface area contributed by atoms with Gasteiger partial charge in [0.15, 0.2) is 0 Å². The van der Waals surface area contributed by atoms with Crippen molar-refractivity contribution in [2.75, 3.05) is 19.0 Å². The molecule has 0 bridgehead atoms. The summed E-state index contributed by atoms with van der Waals surface area (Å²) in [7, 11) is 1.18. The molecule has 1 aromatic heterocycles. The molecular weight excluding hydrogens is 532 g/mol. The molecule has 0 spiro atoms. The van der Waals surface area contributed by atoms with Crippen LogP contribution < -0.4 is 16.2 Å². The summed E-state index contributed by atoms with van der Waals surface area (Å²) in [6.45, 7) is 1.99. The van der Waals surface area contributed by atoms with Crippen molar-refractivity contribution < 1.29 is 33.4 Å². The normalized spacial score (nSPS) is 11.6. The van der Waals surface area contributed by atoms with Gasteiger partial charge in [0.2, 0.25) is 5.91 Å². The Kier molecular flexibility index (Phi) is 10.9. The minimum atomic E-state index is -0.863. The number of rotatable bonds is 11. The molecule has 12 nitrogen and oxygen atoms in total. The molecule has 1 atom stereocenters. The zero-order chi connectivity index (χ0) is 29.8. The summed E-state index contributed by atoms with van der Waals surface area (Å²) >= 11 is 0. The number of nitrogens with zero attached hydrogens (tertiary/aromatic N) is 2. The number of amides is 2. The molecule has 0 aliphatic heterocycles. The van der Waals surface area contributed by atoms with Crippen molar-refractivity contribution in [3.8, 4) is 11.4 Å². The maximum absolute atomic E-state index is 13.4. The third kappa shape index (κ3) is 9.17. The van der Waals surface area contributed by atoms with Crippen molar-refractivity contribution in [2.45, 2.75) is 33.0 Å². The SMILES string of the molecule is COC(=O)/C(=C/[C@H](C)NC(=O)Cn1c(-c2ccccc2)ncc(NC(=O)OCc2ccccc2)c1=O)COC(C)=O. The van der Waals surface area contributed by atoms with Crippen LogP contribution in [0.1, 0.15) is 19.4 Å². The predicted molar refractivity (Wildman–Crippen MR) is 149 cm³/mol. The fraction of sp³-hybridized carbons (Fsp3) is 0.241. The third-order valence-corrected chi connectivity index (χ3v) is 5.55. The topological polar surface area (TPSA) is 155 Å². The Morgan fingerprint density at radius 2 is 1.66 bits per heavy atom. The van der Waals surface area contributed by atoms with Crippen LogP contribution in [0.5, 0.6) is 0 Å². The first-order valence-electron chi connectivity index (χ1n) is 12.5. The van der Waals surface area contributed by atoms with E-state index in [1.807, 2.05) is 6.07 Å². The van der Waals surface area contributed by atoms with Crippen molar-refractivity contribution in [3.05, 3.63) is 94.4 Å². The lowest BCUT2D eigenvalue weighted by Gasteiger charge is -2.16. The number of carbonyl (C=O) groups excluding carboxylic acids is 4. The van der Waals surface area contributed by atoms with Crippen LogP contribution in [0.25, 0.3) is 11.4 Å². The molecule has 0 unspecified atom stereocenters. The molecule has 0 saturated heterocycles. The van der Waals surface area contributed by atoms with E-state index in [0.717, 1.165) is 10.1 Å². The number of hydrogen-bond acceptors (Lipinski definition) is 9. The van der Waals surface area contributed by atoms with Gasteiger partial charge in [-0.25, -0.2) is 14.6 Å². The van der Waals surface area contributed by atoms with Gasteiger partial charge in [0.1, 0.15) is 31.3 Å². The highest BCUT2D eigenvalue weighted by Gasteiger charge is 2.19. The van der Waals surface area contributed by atoms with E-state index in [0.29, 0.717) is 5.56 Å². The monoisotopic (exact) mass is 562 g/mol. The Labute approximate surface area is 235 Å². The maximum Gasteiger partial charge on any atom is 0.412 e. The summed E-state index contributed by atoms with van der Waals surface area (Å²) in [5.74, 6) is -1.70. The summed E-state index contributed by atoms with van der Waals surface area (Å²) in [6, 6.07) is 17.1. The van der Waals surface area contributed by atoms with Gasteiger partial charge in [-0.3, -0.25) is 24.3 Å². The van der Waals surface area contributed by atoms with Gasteiger partial charge >= 0.3 is 18.0 Å². The summed E-state index contributed by atoms with van der Waals surface area (Å²) in [5, 5.41) is 5.06. The van der Waals surface area contributed by atoms with Crippen molar-refractivity contribution in [1.82, 2.24) is 14.9 Å². The Morgan fingerprint density at radius 1 is 1.00 bits per heavy atom. The average molecular weight is 563 g/mol. The van der Waals surface area contributed by atoms with Crippen molar-refractivity contribution in [1.29, 1.82) is 0 Å². The third-order valence-electron chi connectivity index (χ3n) is 5.55. The highest BCUT2D eigenvalue weighted by atomic mass is 16.6. The molecule has 1 heterocycles. The molecule has 3 rings (SSSR count). The van der Waals surface area contributed by atoms with E-state index >= 15 is 0 Å². The van der Waals surface area contributed by atoms with E-state index in [-0.39, 0.29) is 30.3 Å². The maximum atomic E-state index is 13.4. The fourth-order valence-electron chi connectivity index (χ4n) is 3.68. The van der Waals surface area contributed by atoms with Crippen LogP contribution in [0.3, 0.4) is 0 Å². The van der Waals surface area contributed by atoms with Crippen LogP contribution in [0.4, 0.5) is 10.5 Å². The van der Waals surface area contributed by atoms with E-state index in [4.69, 9.17) is 14.2 Å². The number of nitrogens with one attached hydrogen (secondary N) is 2. The lowest BCUT2D eigenvalue weighted by Crippen LogP contribution is -2.38. The number of benzene rings is 2. The second-order valence-electron chi connectivity index (χ2n) is 8.76. The average Bonchev–Trinajstić information content (AvgIpc) is 2.96. The Morgan fingerprint density at radius 3 is 2.29 bits per heavy atom. The highest BCUT2D eigenvalue weighted by Crippen LogP contribution is 2.16. The van der Waals surface area contributed by atoms with Crippen molar-refractivity contribution >= 4 is 29.6 Å². The van der Waals surface area contributed by atoms with Crippen molar-refractivity contribution in [2.24, 2.45) is 0 Å². The smallest absolute Gasteiger partial charge is 0.412 e. The van der Waals surface area contributed by atoms with Gasteiger partial charge in [-0.15, -0.1) is 0 Å². The van der Waals surface area contributed by atoms with E-state index in [2.05, 4.69) is 15.6 Å². The lowest BCUT2D eigenvalue weighted by atomic mass is 10.2. The van der Waals surface area contributed by atoms with E-state index in [1.165, 1.54) is 26.3 Å². The Balaban J connectivity index is 1.81. The summed E-state index contributed by atoms with van der Waals surface area (Å²) < 4.78 is 15.9. The molecule has 41 heavy (non-hydrogen) atoms. The van der Waals surface area contributed by atoms with Gasteiger partial charge in [0.05, 0.1) is 18.9 Å². The number of carbonyl (C=O) groups is 4. The zero-order valence-electron chi connectivity index (χ0n) is 22.8.